The summed E-state index contributed by atoms with van der Waals surface area (Å²) in [6, 6.07) is 1.45. The van der Waals surface area contributed by atoms with Gasteiger partial charge in [0.1, 0.15) is 5.82 Å². The molecule has 0 saturated heterocycles. The number of hydrogen-bond donors (Lipinski definition) is 2. The van der Waals surface area contributed by atoms with Crippen LogP contribution in [-0.2, 0) is 11.8 Å². The van der Waals surface area contributed by atoms with E-state index in [1.165, 1.54) is 16.4 Å². The van der Waals surface area contributed by atoms with Crippen LogP contribution < -0.4 is 4.52 Å². The predicted molar refractivity (Wildman–Crippen MR) is 72.8 cm³/mol. The van der Waals surface area contributed by atoms with Crippen molar-refractivity contribution in [2.75, 3.05) is 6.26 Å². The fourth-order valence-corrected chi connectivity index (χ4v) is 2.12. The minimum absolute atomic E-state index is 0.199. The molecule has 8 nitrogen and oxygen atoms in total. The lowest BCUT2D eigenvalue weighted by molar-refractivity contribution is 0.357. The van der Waals surface area contributed by atoms with E-state index < -0.39 is 6.72 Å². The van der Waals surface area contributed by atoms with Gasteiger partial charge in [0, 0.05) is 24.1 Å². The highest BCUT2D eigenvalue weighted by Gasteiger charge is 2.17. The Morgan fingerprint density at radius 3 is 2.79 bits per heavy atom. The van der Waals surface area contributed by atoms with E-state index in [4.69, 9.17) is 9.79 Å². The zero-order valence-electron chi connectivity index (χ0n) is 9.96. The van der Waals surface area contributed by atoms with Gasteiger partial charge in [-0.2, -0.15) is 9.67 Å². The smallest absolute Gasteiger partial charge is 0.377 e. The number of nitrogens with zero attached hydrogens (tertiary/aromatic N) is 5. The van der Waals surface area contributed by atoms with Gasteiger partial charge in [0.25, 0.3) is 0 Å². The van der Waals surface area contributed by atoms with Crippen LogP contribution in [0.2, 0.25) is 0 Å². The third-order valence-corrected chi connectivity index (χ3v) is 3.16. The molecule has 0 atom stereocenters. The van der Waals surface area contributed by atoms with Crippen molar-refractivity contribution < 1.29 is 14.3 Å². The van der Waals surface area contributed by atoms with Crippen molar-refractivity contribution in [3.05, 3.63) is 18.1 Å². The maximum absolute atomic E-state index is 9.07. The Kier molecular flexibility index (Phi) is 4.16. The number of thioether (sulfide) groups is 1. The summed E-state index contributed by atoms with van der Waals surface area (Å²) in [4.78, 5) is 30.4. The third kappa shape index (κ3) is 3.71. The molecule has 2 aromatic heterocycles. The van der Waals surface area contributed by atoms with Crippen LogP contribution >= 0.6 is 18.5 Å². The first-order valence-electron chi connectivity index (χ1n) is 4.95. The predicted octanol–water partition coefficient (Wildman–Crippen LogP) is 0.676. The van der Waals surface area contributed by atoms with Crippen LogP contribution in [0.25, 0.3) is 5.82 Å². The van der Waals surface area contributed by atoms with E-state index in [1.807, 2.05) is 6.26 Å². The molecule has 0 aliphatic rings. The maximum atomic E-state index is 9.07. The molecule has 19 heavy (non-hydrogen) atoms. The lowest BCUT2D eigenvalue weighted by atomic mass is 10.5. The molecule has 0 radical (unpaired) electrons. The number of aryl methyl sites for hydroxylation is 1. The summed E-state index contributed by atoms with van der Waals surface area (Å²) in [5.74, 6) is 0.979. The molecule has 102 valence electrons. The van der Waals surface area contributed by atoms with Gasteiger partial charge in [-0.15, -0.1) is 5.10 Å². The molecule has 0 aliphatic carbocycles. The van der Waals surface area contributed by atoms with Crippen molar-refractivity contribution in [2.24, 2.45) is 0 Å². The van der Waals surface area contributed by atoms with E-state index in [2.05, 4.69) is 36.4 Å². The van der Waals surface area contributed by atoms with Gasteiger partial charge in [-0.05, 0) is 13.2 Å². The van der Waals surface area contributed by atoms with E-state index in [0.29, 0.717) is 16.8 Å². The van der Waals surface area contributed by atoms with Gasteiger partial charge in [0.15, 0.2) is 11.0 Å². The highest BCUT2D eigenvalue weighted by Crippen LogP contribution is 2.36. The number of aromatic nitrogens is 5. The third-order valence-electron chi connectivity index (χ3n) is 1.97. The minimum Gasteiger partial charge on any atom is -0.388 e. The van der Waals surface area contributed by atoms with Crippen LogP contribution in [-0.4, -0.2) is 40.8 Å². The Morgan fingerprint density at radius 2 is 2.16 bits per heavy atom. The SMILES string of the molecule is CSc1nccc(-n2nc(OP(O)(O)=S)nc2C)n1. The molecule has 0 unspecified atom stereocenters. The van der Waals surface area contributed by atoms with Gasteiger partial charge < -0.3 is 14.3 Å². The molecular weight excluding hydrogens is 309 g/mol. The van der Waals surface area contributed by atoms with Gasteiger partial charge in [0.2, 0.25) is 0 Å². The first-order valence-corrected chi connectivity index (χ1v) is 8.80. The van der Waals surface area contributed by atoms with Crippen molar-refractivity contribution in [3.63, 3.8) is 0 Å². The molecule has 2 aromatic rings. The van der Waals surface area contributed by atoms with Gasteiger partial charge in [-0.3, -0.25) is 0 Å². The molecular formula is C8H10N5O3PS2. The Hall–Kier alpha value is -1.06. The van der Waals surface area contributed by atoms with Gasteiger partial charge in [-0.1, -0.05) is 11.8 Å². The van der Waals surface area contributed by atoms with E-state index in [1.54, 1.807) is 19.2 Å². The Labute approximate surface area is 118 Å². The summed E-state index contributed by atoms with van der Waals surface area (Å²) in [5, 5.41) is 4.55. The Morgan fingerprint density at radius 1 is 1.42 bits per heavy atom. The molecule has 11 heteroatoms. The molecule has 0 fully saturated rings. The van der Waals surface area contributed by atoms with Crippen LogP contribution in [0.15, 0.2) is 17.4 Å². The van der Waals surface area contributed by atoms with Crippen molar-refractivity contribution in [1.29, 1.82) is 0 Å². The zero-order valence-corrected chi connectivity index (χ0v) is 12.5. The number of rotatable bonds is 4. The second-order valence-corrected chi connectivity index (χ2v) is 6.70. The van der Waals surface area contributed by atoms with Gasteiger partial charge >= 0.3 is 12.7 Å². The Balaban J connectivity index is 2.37. The zero-order chi connectivity index (χ0) is 14.0. The van der Waals surface area contributed by atoms with Crippen LogP contribution in [0, 0.1) is 6.92 Å². The lowest BCUT2D eigenvalue weighted by Crippen LogP contribution is -2.03. The van der Waals surface area contributed by atoms with E-state index in [0.717, 1.165) is 0 Å². The van der Waals surface area contributed by atoms with Crippen molar-refractivity contribution in [2.45, 2.75) is 12.1 Å². The summed E-state index contributed by atoms with van der Waals surface area (Å²) in [5.41, 5.74) is 0. The van der Waals surface area contributed by atoms with E-state index in [-0.39, 0.29) is 6.01 Å². The highest BCUT2D eigenvalue weighted by molar-refractivity contribution is 8.06. The average Bonchev–Trinajstić information content (AvgIpc) is 2.68. The fraction of sp³-hybridized carbons (Fsp3) is 0.250. The van der Waals surface area contributed by atoms with Crippen molar-refractivity contribution in [1.82, 2.24) is 24.7 Å². The molecule has 2 N–H and O–H groups in total. The maximum Gasteiger partial charge on any atom is 0.377 e. The topological polar surface area (TPSA) is 106 Å². The van der Waals surface area contributed by atoms with E-state index in [9.17, 15) is 0 Å². The van der Waals surface area contributed by atoms with Crippen molar-refractivity contribution >= 4 is 30.3 Å². The van der Waals surface area contributed by atoms with Gasteiger partial charge in [-0.25, -0.2) is 9.97 Å². The van der Waals surface area contributed by atoms with Gasteiger partial charge in [0.05, 0.1) is 0 Å². The summed E-state index contributed by atoms with van der Waals surface area (Å²) in [7, 11) is 0. The summed E-state index contributed by atoms with van der Waals surface area (Å²) in [6.07, 6.45) is 3.45. The highest BCUT2D eigenvalue weighted by atomic mass is 32.5. The van der Waals surface area contributed by atoms with Crippen LogP contribution in [0.4, 0.5) is 0 Å². The van der Waals surface area contributed by atoms with Crippen LogP contribution in [0.1, 0.15) is 5.82 Å². The largest absolute Gasteiger partial charge is 0.388 e. The molecule has 0 saturated carbocycles. The molecule has 0 aliphatic heterocycles. The minimum atomic E-state index is -3.84. The Bertz CT molecular complexity index is 643. The fourth-order valence-electron chi connectivity index (χ4n) is 1.28. The lowest BCUT2D eigenvalue weighted by Gasteiger charge is -2.04. The average molecular weight is 319 g/mol. The van der Waals surface area contributed by atoms with Crippen molar-refractivity contribution in [3.8, 4) is 11.8 Å². The van der Waals surface area contributed by atoms with Crippen LogP contribution in [0.5, 0.6) is 6.01 Å². The first kappa shape index (κ1) is 14.4. The summed E-state index contributed by atoms with van der Waals surface area (Å²) in [6.45, 7) is -2.16. The van der Waals surface area contributed by atoms with Crippen LogP contribution in [0.3, 0.4) is 0 Å². The second kappa shape index (κ2) is 5.51. The van der Waals surface area contributed by atoms with E-state index >= 15 is 0 Å². The first-order chi connectivity index (χ1) is 8.89. The second-order valence-electron chi connectivity index (χ2n) is 3.34. The summed E-state index contributed by atoms with van der Waals surface area (Å²) < 4.78 is 6.09. The molecule has 2 heterocycles. The molecule has 0 amide bonds. The normalized spacial score (nSPS) is 11.6. The molecule has 2 rings (SSSR count). The molecule has 0 bridgehead atoms. The monoisotopic (exact) mass is 319 g/mol. The standard InChI is InChI=1S/C8H10N5O3PS2/c1-5-10-7(16-17(14,15)18)12-13(5)6-3-4-9-8(11-6)19-2/h3-4H,1-2H3,(H2,14,15,18). The summed E-state index contributed by atoms with van der Waals surface area (Å²) >= 11 is 5.75. The number of hydrogen-bond acceptors (Lipinski definition) is 7. The quantitative estimate of drug-likeness (QED) is 0.478. The molecule has 0 aromatic carbocycles. The molecule has 0 spiro atoms.